The molecule has 2 aliphatic heterocycles. The van der Waals surface area contributed by atoms with Gasteiger partial charge in [0.2, 0.25) is 0 Å². The number of halogens is 1. The summed E-state index contributed by atoms with van der Waals surface area (Å²) < 4.78 is 10.8. The molecule has 0 bridgehead atoms. The van der Waals surface area contributed by atoms with Gasteiger partial charge in [-0.1, -0.05) is 11.6 Å². The highest BCUT2D eigenvalue weighted by atomic mass is 35.5. The van der Waals surface area contributed by atoms with Crippen molar-refractivity contribution in [2.75, 3.05) is 33.3 Å². The van der Waals surface area contributed by atoms with E-state index in [9.17, 15) is 9.59 Å². The number of carbonyl (C=O) groups excluding carboxylic acids is 2. The van der Waals surface area contributed by atoms with Crippen LogP contribution in [0, 0.1) is 11.8 Å². The summed E-state index contributed by atoms with van der Waals surface area (Å²) in [5, 5.41) is 3.65. The number of esters is 1. The monoisotopic (exact) mass is 437 g/mol. The quantitative estimate of drug-likeness (QED) is 0.550. The summed E-state index contributed by atoms with van der Waals surface area (Å²) in [6.07, 6.45) is 4.29. The first-order valence-electron chi connectivity index (χ1n) is 10.9. The Kier molecular flexibility index (Phi) is 7.10. The van der Waals surface area contributed by atoms with Crippen molar-refractivity contribution in [3.8, 4) is 5.75 Å². The van der Waals surface area contributed by atoms with Crippen molar-refractivity contribution in [3.05, 3.63) is 28.8 Å². The van der Waals surface area contributed by atoms with Gasteiger partial charge in [-0.05, 0) is 70.7 Å². The van der Waals surface area contributed by atoms with E-state index in [2.05, 4.69) is 26.1 Å². The smallest absolute Gasteiger partial charge is 0.465 e. The first-order chi connectivity index (χ1) is 14.2. The van der Waals surface area contributed by atoms with Crippen LogP contribution in [0.3, 0.4) is 0 Å². The summed E-state index contributed by atoms with van der Waals surface area (Å²) >= 11 is 6.20. The molecule has 0 saturated carbocycles. The van der Waals surface area contributed by atoms with E-state index < -0.39 is 5.97 Å². The third-order valence-corrected chi connectivity index (χ3v) is 7.31. The number of nitrogens with one attached hydrogen (secondary N) is 1. The minimum atomic E-state index is -0.518. The van der Waals surface area contributed by atoms with Crippen molar-refractivity contribution in [1.82, 2.24) is 5.32 Å². The maximum absolute atomic E-state index is 13.4. The van der Waals surface area contributed by atoms with Crippen LogP contribution in [0.1, 0.15) is 56.8 Å². The normalized spacial score (nSPS) is 25.6. The molecular weight excluding hydrogens is 404 g/mol. The van der Waals surface area contributed by atoms with Gasteiger partial charge in [-0.3, -0.25) is 0 Å². The fourth-order valence-corrected chi connectivity index (χ4v) is 5.21. The van der Waals surface area contributed by atoms with Crippen LogP contribution in [0.4, 0.5) is 4.79 Å². The van der Waals surface area contributed by atoms with Crippen molar-refractivity contribution in [1.29, 1.82) is 0 Å². The van der Waals surface area contributed by atoms with Crippen LogP contribution in [0.2, 0.25) is 5.02 Å². The summed E-state index contributed by atoms with van der Waals surface area (Å²) in [7, 11) is 1.30. The maximum atomic E-state index is 13.4. The van der Waals surface area contributed by atoms with E-state index in [1.54, 1.807) is 6.07 Å². The lowest BCUT2D eigenvalue weighted by molar-refractivity contribution is -0.908. The predicted molar refractivity (Wildman–Crippen MR) is 117 cm³/mol. The second-order valence-electron chi connectivity index (χ2n) is 9.51. The van der Waals surface area contributed by atoms with Gasteiger partial charge in [0, 0.05) is 18.9 Å². The lowest BCUT2D eigenvalue weighted by Gasteiger charge is -2.49. The van der Waals surface area contributed by atoms with Crippen LogP contribution in [0.5, 0.6) is 5.75 Å². The van der Waals surface area contributed by atoms with Crippen molar-refractivity contribution < 1.29 is 23.5 Å². The Labute approximate surface area is 184 Å². The van der Waals surface area contributed by atoms with Crippen molar-refractivity contribution in [2.45, 2.75) is 52.0 Å². The molecule has 2 fully saturated rings. The molecule has 0 aliphatic carbocycles. The summed E-state index contributed by atoms with van der Waals surface area (Å²) in [5.41, 5.74) is -0.0205. The molecule has 3 rings (SSSR count). The Morgan fingerprint density at radius 2 is 1.67 bits per heavy atom. The lowest BCUT2D eigenvalue weighted by Crippen LogP contribution is -2.67. The largest absolute Gasteiger partial charge is 0.521 e. The number of quaternary nitrogens is 1. The molecule has 1 aromatic rings. The number of ether oxygens (including phenoxy) is 2. The van der Waals surface area contributed by atoms with Crippen LogP contribution in [-0.2, 0) is 4.74 Å². The molecule has 6 nitrogen and oxygen atoms in total. The number of amides is 1. The molecule has 2 saturated heterocycles. The number of rotatable bonds is 3. The fraction of sp³-hybridized carbons (Fsp3) is 0.652. The van der Waals surface area contributed by atoms with E-state index in [-0.39, 0.29) is 22.2 Å². The van der Waals surface area contributed by atoms with Crippen molar-refractivity contribution in [3.63, 3.8) is 0 Å². The molecule has 7 heteroatoms. The standard InChI is InChI=1S/C23H34ClN2O4/c1-23(2,3)26(13-9-17(10-14-26)16-7-11-25-12-8-16)22(28)30-18-5-6-19(20(24)15-18)21(27)29-4/h5-6,15-17,25H,7-14H2,1-4H3/q+1. The Balaban J connectivity index is 1.74. The molecule has 0 spiro atoms. The molecule has 2 heterocycles. The van der Waals surface area contributed by atoms with E-state index in [0.29, 0.717) is 16.2 Å². The average Bonchev–Trinajstić information content (AvgIpc) is 2.73. The summed E-state index contributed by atoms with van der Waals surface area (Å²) in [6, 6.07) is 4.63. The molecule has 0 radical (unpaired) electrons. The zero-order valence-electron chi connectivity index (χ0n) is 18.5. The van der Waals surface area contributed by atoms with Gasteiger partial charge in [-0.25, -0.2) is 9.28 Å². The Hall–Kier alpha value is -1.63. The second kappa shape index (κ2) is 9.25. The number of hydrogen-bond donors (Lipinski definition) is 1. The van der Waals surface area contributed by atoms with Crippen LogP contribution in [0.15, 0.2) is 18.2 Å². The molecule has 0 atom stereocenters. The van der Waals surface area contributed by atoms with E-state index in [0.717, 1.165) is 44.9 Å². The number of nitrogens with zero attached hydrogens (tertiary/aromatic N) is 1. The average molecular weight is 438 g/mol. The van der Waals surface area contributed by atoms with Crippen LogP contribution in [0.25, 0.3) is 0 Å². The first-order valence-corrected chi connectivity index (χ1v) is 11.2. The van der Waals surface area contributed by atoms with Gasteiger partial charge in [-0.2, -0.15) is 4.79 Å². The third kappa shape index (κ3) is 4.66. The third-order valence-electron chi connectivity index (χ3n) is 7.00. The van der Waals surface area contributed by atoms with Gasteiger partial charge in [0.25, 0.3) is 0 Å². The molecule has 0 aromatic heterocycles. The molecule has 1 aromatic carbocycles. The number of benzene rings is 1. The van der Waals surface area contributed by atoms with E-state index >= 15 is 0 Å². The van der Waals surface area contributed by atoms with Gasteiger partial charge in [0.05, 0.1) is 30.8 Å². The van der Waals surface area contributed by atoms with Gasteiger partial charge < -0.3 is 14.8 Å². The second-order valence-corrected chi connectivity index (χ2v) is 9.92. The zero-order chi connectivity index (χ0) is 21.9. The highest BCUT2D eigenvalue weighted by Crippen LogP contribution is 2.39. The minimum Gasteiger partial charge on any atom is -0.465 e. The number of methoxy groups -OCH3 is 1. The van der Waals surface area contributed by atoms with Gasteiger partial charge in [0.1, 0.15) is 11.3 Å². The number of piperidine rings is 2. The topological polar surface area (TPSA) is 64.6 Å². The number of carbonyl (C=O) groups is 2. The van der Waals surface area contributed by atoms with Crippen LogP contribution >= 0.6 is 11.6 Å². The summed E-state index contributed by atoms with van der Waals surface area (Å²) in [4.78, 5) is 25.1. The number of hydrogen-bond acceptors (Lipinski definition) is 5. The van der Waals surface area contributed by atoms with Gasteiger partial charge in [-0.15, -0.1) is 0 Å². The SMILES string of the molecule is COC(=O)c1ccc(OC(=O)[N+]2(C(C)(C)C)CCC(C3CCNCC3)CC2)cc1Cl. The minimum absolute atomic E-state index is 0.207. The van der Waals surface area contributed by atoms with Gasteiger partial charge >= 0.3 is 12.1 Å². The highest BCUT2D eigenvalue weighted by Gasteiger charge is 2.52. The Morgan fingerprint density at radius 3 is 2.20 bits per heavy atom. The molecular formula is C23H34ClN2O4+. The molecule has 166 valence electrons. The van der Waals surface area contributed by atoms with Crippen LogP contribution < -0.4 is 10.1 Å². The van der Waals surface area contributed by atoms with E-state index in [1.807, 2.05) is 0 Å². The number of likely N-dealkylation sites (tertiary alicyclic amines) is 1. The highest BCUT2D eigenvalue weighted by molar-refractivity contribution is 6.33. The molecule has 0 unspecified atom stereocenters. The Morgan fingerprint density at radius 1 is 1.07 bits per heavy atom. The molecule has 2 aliphatic rings. The van der Waals surface area contributed by atoms with Crippen molar-refractivity contribution in [2.24, 2.45) is 11.8 Å². The lowest BCUT2D eigenvalue weighted by atomic mass is 9.77. The predicted octanol–water partition coefficient (Wildman–Crippen LogP) is 4.65. The molecule has 30 heavy (non-hydrogen) atoms. The Bertz CT molecular complexity index is 776. The zero-order valence-corrected chi connectivity index (χ0v) is 19.3. The molecule has 1 N–H and O–H groups in total. The van der Waals surface area contributed by atoms with E-state index in [1.165, 1.54) is 32.1 Å². The van der Waals surface area contributed by atoms with E-state index in [4.69, 9.17) is 21.1 Å². The maximum Gasteiger partial charge on any atom is 0.521 e. The summed E-state index contributed by atoms with van der Waals surface area (Å²) in [5.74, 6) is 1.27. The van der Waals surface area contributed by atoms with Gasteiger partial charge in [0.15, 0.2) is 0 Å². The van der Waals surface area contributed by atoms with Crippen LogP contribution in [-0.4, -0.2) is 55.4 Å². The first kappa shape index (κ1) is 23.0. The fourth-order valence-electron chi connectivity index (χ4n) is 4.97. The summed E-state index contributed by atoms with van der Waals surface area (Å²) in [6.45, 7) is 10.1. The molecule has 1 amide bonds. The van der Waals surface area contributed by atoms with Crippen molar-refractivity contribution >= 4 is 23.7 Å².